The minimum absolute atomic E-state index is 0.256. The summed E-state index contributed by atoms with van der Waals surface area (Å²) in [5.74, 6) is 1.05. The highest BCUT2D eigenvalue weighted by atomic mass is 35.5. The van der Waals surface area contributed by atoms with Gasteiger partial charge in [0.2, 0.25) is 5.88 Å². The highest BCUT2D eigenvalue weighted by molar-refractivity contribution is 6.36. The van der Waals surface area contributed by atoms with Crippen LogP contribution >= 0.6 is 23.2 Å². The lowest BCUT2D eigenvalue weighted by atomic mass is 10.3. The van der Waals surface area contributed by atoms with Gasteiger partial charge in [0.05, 0.1) is 17.5 Å². The van der Waals surface area contributed by atoms with E-state index in [-0.39, 0.29) is 5.15 Å². The van der Waals surface area contributed by atoms with Gasteiger partial charge in [0.15, 0.2) is 0 Å². The Morgan fingerprint density at radius 1 is 1.25 bits per heavy atom. The van der Waals surface area contributed by atoms with E-state index in [4.69, 9.17) is 27.9 Å². The third-order valence-electron chi connectivity index (χ3n) is 1.96. The molecule has 6 heteroatoms. The molecule has 0 fully saturated rings. The van der Waals surface area contributed by atoms with E-state index in [2.05, 4.69) is 15.0 Å². The fourth-order valence-electron chi connectivity index (χ4n) is 1.40. The standard InChI is InChI=1S/C10H9Cl2N3O/c1-3-16-10-8-6(13-5(2)14-10)4-7(11)15-9(8)12/h4H,3H2,1-2H3. The number of ether oxygens (including phenoxy) is 1. The van der Waals surface area contributed by atoms with Crippen molar-refractivity contribution in [3.63, 3.8) is 0 Å². The lowest BCUT2D eigenvalue weighted by Gasteiger charge is -2.08. The lowest BCUT2D eigenvalue weighted by molar-refractivity contribution is 0.330. The highest BCUT2D eigenvalue weighted by Crippen LogP contribution is 2.30. The maximum Gasteiger partial charge on any atom is 0.227 e. The Morgan fingerprint density at radius 2 is 2.00 bits per heavy atom. The van der Waals surface area contributed by atoms with Crippen LogP contribution in [0.1, 0.15) is 12.7 Å². The molecule has 0 radical (unpaired) electrons. The summed E-state index contributed by atoms with van der Waals surface area (Å²) in [6, 6.07) is 1.64. The summed E-state index contributed by atoms with van der Waals surface area (Å²) in [6.45, 7) is 4.16. The fraction of sp³-hybridized carbons (Fsp3) is 0.300. The SMILES string of the molecule is CCOc1nc(C)nc2cc(Cl)nc(Cl)c12. The van der Waals surface area contributed by atoms with E-state index >= 15 is 0 Å². The summed E-state index contributed by atoms with van der Waals surface area (Å²) < 4.78 is 5.40. The third kappa shape index (κ3) is 2.03. The van der Waals surface area contributed by atoms with Crippen LogP contribution in [-0.4, -0.2) is 21.6 Å². The number of pyridine rings is 1. The molecule has 0 unspecified atom stereocenters. The van der Waals surface area contributed by atoms with Gasteiger partial charge in [-0.05, 0) is 13.8 Å². The van der Waals surface area contributed by atoms with Gasteiger partial charge in [-0.3, -0.25) is 0 Å². The van der Waals surface area contributed by atoms with Crippen LogP contribution in [0.3, 0.4) is 0 Å². The summed E-state index contributed by atoms with van der Waals surface area (Å²) in [7, 11) is 0. The van der Waals surface area contributed by atoms with Crippen molar-refractivity contribution in [2.45, 2.75) is 13.8 Å². The molecule has 0 bridgehead atoms. The zero-order chi connectivity index (χ0) is 11.7. The summed E-state index contributed by atoms with van der Waals surface area (Å²) in [4.78, 5) is 12.4. The van der Waals surface area contributed by atoms with E-state index in [9.17, 15) is 0 Å². The zero-order valence-corrected chi connectivity index (χ0v) is 10.3. The summed E-state index contributed by atoms with van der Waals surface area (Å²) in [5.41, 5.74) is 0.640. The number of aromatic nitrogens is 3. The topological polar surface area (TPSA) is 47.9 Å². The van der Waals surface area contributed by atoms with Crippen molar-refractivity contribution in [1.29, 1.82) is 0 Å². The second kappa shape index (κ2) is 4.39. The van der Waals surface area contributed by atoms with E-state index in [1.807, 2.05) is 6.92 Å². The Kier molecular flexibility index (Phi) is 3.12. The molecule has 0 saturated carbocycles. The van der Waals surface area contributed by atoms with Crippen molar-refractivity contribution < 1.29 is 4.74 Å². The average molecular weight is 258 g/mol. The largest absolute Gasteiger partial charge is 0.477 e. The first-order chi connectivity index (χ1) is 7.61. The van der Waals surface area contributed by atoms with Crippen molar-refractivity contribution >= 4 is 34.1 Å². The number of halogens is 2. The van der Waals surface area contributed by atoms with Gasteiger partial charge in [-0.15, -0.1) is 0 Å². The van der Waals surface area contributed by atoms with E-state index in [0.29, 0.717) is 34.4 Å². The van der Waals surface area contributed by atoms with Gasteiger partial charge in [-0.1, -0.05) is 23.2 Å². The zero-order valence-electron chi connectivity index (χ0n) is 8.79. The number of hydrogen-bond donors (Lipinski definition) is 0. The molecule has 4 nitrogen and oxygen atoms in total. The predicted octanol–water partition coefficient (Wildman–Crippen LogP) is 3.04. The van der Waals surface area contributed by atoms with Crippen LogP contribution in [0.15, 0.2) is 6.07 Å². The van der Waals surface area contributed by atoms with E-state index < -0.39 is 0 Å². The summed E-state index contributed by atoms with van der Waals surface area (Å²) >= 11 is 11.8. The highest BCUT2D eigenvalue weighted by Gasteiger charge is 2.12. The molecule has 2 rings (SSSR count). The number of fused-ring (bicyclic) bond motifs is 1. The lowest BCUT2D eigenvalue weighted by Crippen LogP contribution is -2.00. The Labute approximate surface area is 103 Å². The number of nitrogens with zero attached hydrogens (tertiary/aromatic N) is 3. The van der Waals surface area contributed by atoms with Gasteiger partial charge in [-0.2, -0.15) is 4.98 Å². The quantitative estimate of drug-likeness (QED) is 0.777. The van der Waals surface area contributed by atoms with Crippen molar-refractivity contribution in [2.75, 3.05) is 6.61 Å². The Balaban J connectivity index is 2.78. The molecule has 0 spiro atoms. The van der Waals surface area contributed by atoms with Gasteiger partial charge < -0.3 is 4.74 Å². The first-order valence-corrected chi connectivity index (χ1v) is 5.50. The normalized spacial score (nSPS) is 10.8. The van der Waals surface area contributed by atoms with Crippen molar-refractivity contribution in [3.8, 4) is 5.88 Å². The molecule has 84 valence electrons. The Bertz CT molecular complexity index is 540. The van der Waals surface area contributed by atoms with Gasteiger partial charge in [0, 0.05) is 6.07 Å². The summed E-state index contributed by atoms with van der Waals surface area (Å²) in [5, 5.41) is 1.16. The Morgan fingerprint density at radius 3 is 2.69 bits per heavy atom. The molecule has 0 aromatic carbocycles. The van der Waals surface area contributed by atoms with Gasteiger partial charge in [-0.25, -0.2) is 9.97 Å². The van der Waals surface area contributed by atoms with Crippen LogP contribution in [0.4, 0.5) is 0 Å². The predicted molar refractivity (Wildman–Crippen MR) is 63.3 cm³/mol. The monoisotopic (exact) mass is 257 g/mol. The molecule has 0 aliphatic heterocycles. The van der Waals surface area contributed by atoms with Crippen LogP contribution in [0, 0.1) is 6.92 Å². The molecular weight excluding hydrogens is 249 g/mol. The van der Waals surface area contributed by atoms with Gasteiger partial charge >= 0.3 is 0 Å². The van der Waals surface area contributed by atoms with Crippen LogP contribution in [-0.2, 0) is 0 Å². The van der Waals surface area contributed by atoms with Crippen LogP contribution < -0.4 is 4.74 Å². The van der Waals surface area contributed by atoms with E-state index in [1.54, 1.807) is 13.0 Å². The maximum absolute atomic E-state index is 6.00. The molecule has 0 N–H and O–H groups in total. The van der Waals surface area contributed by atoms with E-state index in [0.717, 1.165) is 0 Å². The van der Waals surface area contributed by atoms with Crippen LogP contribution in [0.5, 0.6) is 5.88 Å². The number of rotatable bonds is 2. The minimum Gasteiger partial charge on any atom is -0.477 e. The summed E-state index contributed by atoms with van der Waals surface area (Å²) in [6.07, 6.45) is 0. The molecule has 0 amide bonds. The minimum atomic E-state index is 0.256. The van der Waals surface area contributed by atoms with Crippen molar-refractivity contribution in [1.82, 2.24) is 15.0 Å². The second-order valence-electron chi connectivity index (χ2n) is 3.14. The van der Waals surface area contributed by atoms with Crippen molar-refractivity contribution in [3.05, 3.63) is 22.2 Å². The number of aryl methyl sites for hydroxylation is 1. The second-order valence-corrected chi connectivity index (χ2v) is 3.88. The molecular formula is C10H9Cl2N3O. The molecule has 0 aliphatic carbocycles. The molecule has 2 aromatic heterocycles. The maximum atomic E-state index is 6.00. The molecule has 0 saturated heterocycles. The third-order valence-corrected chi connectivity index (χ3v) is 2.43. The van der Waals surface area contributed by atoms with Crippen LogP contribution in [0.25, 0.3) is 10.9 Å². The first kappa shape index (κ1) is 11.4. The van der Waals surface area contributed by atoms with Gasteiger partial charge in [0.25, 0.3) is 0 Å². The number of hydrogen-bond acceptors (Lipinski definition) is 4. The van der Waals surface area contributed by atoms with Gasteiger partial charge in [0.1, 0.15) is 16.1 Å². The molecule has 16 heavy (non-hydrogen) atoms. The Hall–Kier alpha value is -1.13. The first-order valence-electron chi connectivity index (χ1n) is 4.75. The van der Waals surface area contributed by atoms with E-state index in [1.165, 1.54) is 0 Å². The molecule has 2 aromatic rings. The fourth-order valence-corrected chi connectivity index (χ4v) is 1.90. The molecule has 2 heterocycles. The van der Waals surface area contributed by atoms with Crippen molar-refractivity contribution in [2.24, 2.45) is 0 Å². The smallest absolute Gasteiger partial charge is 0.227 e. The van der Waals surface area contributed by atoms with Crippen LogP contribution in [0.2, 0.25) is 10.3 Å². The average Bonchev–Trinajstić information content (AvgIpc) is 2.15. The molecule has 0 aliphatic rings. The molecule has 0 atom stereocenters.